The molecule has 2 rings (SSSR count). The summed E-state index contributed by atoms with van der Waals surface area (Å²) in [5.74, 6) is -1.49. The van der Waals surface area contributed by atoms with Crippen LogP contribution >= 0.6 is 0 Å². The van der Waals surface area contributed by atoms with E-state index in [1.807, 2.05) is 0 Å². The van der Waals surface area contributed by atoms with Crippen LogP contribution in [0.25, 0.3) is 0 Å². The monoisotopic (exact) mass is 326 g/mol. The Morgan fingerprint density at radius 1 is 1.33 bits per heavy atom. The van der Waals surface area contributed by atoms with Gasteiger partial charge >= 0.3 is 6.18 Å². The number of halogens is 4. The van der Waals surface area contributed by atoms with Gasteiger partial charge in [-0.25, -0.2) is 12.8 Å². The normalized spacial score (nSPS) is 21.5. The van der Waals surface area contributed by atoms with Crippen molar-refractivity contribution in [3.63, 3.8) is 0 Å². The lowest BCUT2D eigenvalue weighted by molar-refractivity contribution is -0.140. The first kappa shape index (κ1) is 16.2. The highest BCUT2D eigenvalue weighted by molar-refractivity contribution is 7.89. The highest BCUT2D eigenvalue weighted by Gasteiger charge is 2.37. The summed E-state index contributed by atoms with van der Waals surface area (Å²) in [7, 11) is -4.08. The first-order valence-electron chi connectivity index (χ1n) is 6.23. The van der Waals surface area contributed by atoms with Crippen LogP contribution in [0.2, 0.25) is 0 Å². The van der Waals surface area contributed by atoms with Crippen molar-refractivity contribution in [3.05, 3.63) is 29.6 Å². The SMILES string of the molecule is C[C@H]1CNCCN1S(=O)(=O)c1ccc(F)c(C(F)(F)F)c1. The predicted octanol–water partition coefficient (Wildman–Crippen LogP) is 1.83. The lowest BCUT2D eigenvalue weighted by Crippen LogP contribution is -2.52. The molecule has 1 N–H and O–H groups in total. The summed E-state index contributed by atoms with van der Waals surface area (Å²) in [6.45, 7) is 2.63. The van der Waals surface area contributed by atoms with Crippen molar-refractivity contribution >= 4 is 10.0 Å². The third-order valence-electron chi connectivity index (χ3n) is 3.29. The van der Waals surface area contributed by atoms with E-state index in [0.717, 1.165) is 10.4 Å². The number of hydrogen-bond donors (Lipinski definition) is 1. The van der Waals surface area contributed by atoms with Crippen molar-refractivity contribution in [2.75, 3.05) is 19.6 Å². The molecule has 0 aliphatic carbocycles. The van der Waals surface area contributed by atoms with Crippen LogP contribution in [-0.4, -0.2) is 38.4 Å². The van der Waals surface area contributed by atoms with Crippen molar-refractivity contribution in [2.45, 2.75) is 24.0 Å². The molecule has 1 aliphatic heterocycles. The van der Waals surface area contributed by atoms with E-state index in [2.05, 4.69) is 5.32 Å². The van der Waals surface area contributed by atoms with Crippen molar-refractivity contribution in [1.82, 2.24) is 9.62 Å². The number of nitrogens with one attached hydrogen (secondary N) is 1. The summed E-state index contributed by atoms with van der Waals surface area (Å²) < 4.78 is 77.2. The van der Waals surface area contributed by atoms with E-state index in [9.17, 15) is 26.0 Å². The van der Waals surface area contributed by atoms with Gasteiger partial charge in [-0.15, -0.1) is 0 Å². The highest BCUT2D eigenvalue weighted by Crippen LogP contribution is 2.33. The average Bonchev–Trinajstić information content (AvgIpc) is 2.37. The molecule has 1 aliphatic rings. The summed E-state index contributed by atoms with van der Waals surface area (Å²) in [5.41, 5.74) is -1.58. The van der Waals surface area contributed by atoms with Crippen LogP contribution in [-0.2, 0) is 16.2 Å². The smallest absolute Gasteiger partial charge is 0.314 e. The van der Waals surface area contributed by atoms with Gasteiger partial charge in [0.15, 0.2) is 0 Å². The molecule has 0 aromatic heterocycles. The molecular formula is C12H14F4N2O2S. The van der Waals surface area contributed by atoms with Gasteiger partial charge in [0.1, 0.15) is 5.82 Å². The van der Waals surface area contributed by atoms with Gasteiger partial charge in [0.2, 0.25) is 10.0 Å². The molecule has 4 nitrogen and oxygen atoms in total. The summed E-state index contributed by atoms with van der Waals surface area (Å²) in [4.78, 5) is -0.551. The van der Waals surface area contributed by atoms with Crippen LogP contribution in [0.4, 0.5) is 17.6 Å². The number of sulfonamides is 1. The molecule has 1 saturated heterocycles. The summed E-state index contributed by atoms with van der Waals surface area (Å²) in [6.07, 6.45) is -4.94. The minimum absolute atomic E-state index is 0.155. The summed E-state index contributed by atoms with van der Waals surface area (Å²) in [5, 5.41) is 2.99. The van der Waals surface area contributed by atoms with Gasteiger partial charge in [0.25, 0.3) is 0 Å². The molecule has 1 atom stereocenters. The second-order valence-corrected chi connectivity index (χ2v) is 6.70. The largest absolute Gasteiger partial charge is 0.419 e. The van der Waals surface area contributed by atoms with Crippen molar-refractivity contribution in [2.24, 2.45) is 0 Å². The average molecular weight is 326 g/mol. The summed E-state index contributed by atoms with van der Waals surface area (Å²) in [6, 6.07) is 1.35. The second-order valence-electron chi connectivity index (χ2n) is 4.81. The van der Waals surface area contributed by atoms with E-state index in [1.165, 1.54) is 0 Å². The fraction of sp³-hybridized carbons (Fsp3) is 0.500. The Labute approximate surface area is 119 Å². The topological polar surface area (TPSA) is 49.4 Å². The van der Waals surface area contributed by atoms with Gasteiger partial charge in [0.05, 0.1) is 10.5 Å². The molecule has 9 heteroatoms. The summed E-state index contributed by atoms with van der Waals surface area (Å²) >= 11 is 0. The van der Waals surface area contributed by atoms with Crippen LogP contribution in [0.5, 0.6) is 0 Å². The molecule has 0 bridgehead atoms. The molecule has 118 valence electrons. The van der Waals surface area contributed by atoms with Gasteiger partial charge in [0, 0.05) is 25.7 Å². The number of nitrogens with zero attached hydrogens (tertiary/aromatic N) is 1. The second kappa shape index (κ2) is 5.54. The molecule has 0 saturated carbocycles. The Morgan fingerprint density at radius 3 is 2.57 bits per heavy atom. The molecule has 1 aromatic carbocycles. The maximum absolute atomic E-state index is 13.2. The third kappa shape index (κ3) is 3.19. The fourth-order valence-electron chi connectivity index (χ4n) is 2.20. The van der Waals surface area contributed by atoms with Gasteiger partial charge in [-0.2, -0.15) is 17.5 Å². The zero-order valence-corrected chi connectivity index (χ0v) is 11.9. The lowest BCUT2D eigenvalue weighted by atomic mass is 10.2. The number of rotatable bonds is 2. The van der Waals surface area contributed by atoms with Crippen LogP contribution in [0, 0.1) is 5.82 Å². The lowest BCUT2D eigenvalue weighted by Gasteiger charge is -2.32. The molecule has 0 amide bonds. The molecule has 1 fully saturated rings. The van der Waals surface area contributed by atoms with Crippen LogP contribution in [0.3, 0.4) is 0 Å². The van der Waals surface area contributed by atoms with Crippen molar-refractivity contribution in [1.29, 1.82) is 0 Å². The predicted molar refractivity (Wildman–Crippen MR) is 67.6 cm³/mol. The molecule has 0 unspecified atom stereocenters. The minimum Gasteiger partial charge on any atom is -0.314 e. The molecule has 21 heavy (non-hydrogen) atoms. The van der Waals surface area contributed by atoms with Crippen LogP contribution in [0.15, 0.2) is 23.1 Å². The standard InChI is InChI=1S/C12H14F4N2O2S/c1-8-7-17-4-5-18(8)21(19,20)9-2-3-11(13)10(6-9)12(14,15)16/h2-3,6,8,17H,4-5,7H2,1H3/t8-/m0/s1. The molecule has 1 aromatic rings. The Kier molecular flexibility index (Phi) is 4.27. The molecular weight excluding hydrogens is 312 g/mol. The first-order valence-corrected chi connectivity index (χ1v) is 7.67. The number of benzene rings is 1. The maximum atomic E-state index is 13.2. The van der Waals surface area contributed by atoms with Gasteiger partial charge < -0.3 is 5.32 Å². The van der Waals surface area contributed by atoms with E-state index < -0.39 is 32.5 Å². The molecule has 0 radical (unpaired) electrons. The Balaban J connectivity index is 2.46. The van der Waals surface area contributed by atoms with Gasteiger partial charge in [-0.3, -0.25) is 0 Å². The van der Waals surface area contributed by atoms with Gasteiger partial charge in [-0.1, -0.05) is 0 Å². The van der Waals surface area contributed by atoms with E-state index in [-0.39, 0.29) is 12.6 Å². The number of alkyl halides is 3. The number of piperazine rings is 1. The van der Waals surface area contributed by atoms with E-state index >= 15 is 0 Å². The molecule has 1 heterocycles. The van der Waals surface area contributed by atoms with Crippen LogP contribution < -0.4 is 5.32 Å². The Hall–Kier alpha value is -1.19. The third-order valence-corrected chi connectivity index (χ3v) is 5.30. The van der Waals surface area contributed by atoms with Gasteiger partial charge in [-0.05, 0) is 25.1 Å². The first-order chi connectivity index (χ1) is 9.64. The zero-order chi connectivity index (χ0) is 15.8. The number of hydrogen-bond acceptors (Lipinski definition) is 3. The van der Waals surface area contributed by atoms with Crippen molar-refractivity contribution in [3.8, 4) is 0 Å². The highest BCUT2D eigenvalue weighted by atomic mass is 32.2. The zero-order valence-electron chi connectivity index (χ0n) is 11.1. The van der Waals surface area contributed by atoms with E-state index in [4.69, 9.17) is 0 Å². The van der Waals surface area contributed by atoms with Crippen molar-refractivity contribution < 1.29 is 26.0 Å². The quantitative estimate of drug-likeness (QED) is 0.844. The van der Waals surface area contributed by atoms with E-state index in [1.54, 1.807) is 6.92 Å². The van der Waals surface area contributed by atoms with E-state index in [0.29, 0.717) is 25.2 Å². The molecule has 0 spiro atoms. The fourth-order valence-corrected chi connectivity index (χ4v) is 3.85. The minimum atomic E-state index is -4.94. The van der Waals surface area contributed by atoms with Crippen LogP contribution in [0.1, 0.15) is 12.5 Å². The Morgan fingerprint density at radius 2 is 2.00 bits per heavy atom. The Bertz CT molecular complexity index is 631. The maximum Gasteiger partial charge on any atom is 0.419 e.